The van der Waals surface area contributed by atoms with Gasteiger partial charge in [-0.1, -0.05) is 11.6 Å². The standard InChI is InChI=1S/C18H14ClN3O5S3/c1-29(23,24)21-13-6-7-15-14(10-13)20-18(27-15)11-2-4-12(5-3-11)22-30(25,26)17-9-8-16(19)28-17/h2-10,21-22H,1H3. The fourth-order valence-electron chi connectivity index (χ4n) is 2.66. The Morgan fingerprint density at radius 2 is 1.63 bits per heavy atom. The van der Waals surface area contributed by atoms with Gasteiger partial charge in [-0.2, -0.15) is 0 Å². The summed E-state index contributed by atoms with van der Waals surface area (Å²) in [6.07, 6.45) is 1.06. The Morgan fingerprint density at radius 3 is 2.27 bits per heavy atom. The molecule has 0 saturated carbocycles. The number of sulfonamides is 2. The molecule has 2 aromatic heterocycles. The minimum atomic E-state index is -3.72. The smallest absolute Gasteiger partial charge is 0.271 e. The lowest BCUT2D eigenvalue weighted by molar-refractivity contribution is 0.602. The van der Waals surface area contributed by atoms with Crippen molar-refractivity contribution in [1.29, 1.82) is 0 Å². The van der Waals surface area contributed by atoms with Gasteiger partial charge in [0.25, 0.3) is 10.0 Å². The van der Waals surface area contributed by atoms with Gasteiger partial charge in [-0.3, -0.25) is 9.44 Å². The van der Waals surface area contributed by atoms with Gasteiger partial charge in [0.1, 0.15) is 9.73 Å². The molecule has 0 spiro atoms. The van der Waals surface area contributed by atoms with Crippen molar-refractivity contribution in [2.45, 2.75) is 4.21 Å². The van der Waals surface area contributed by atoms with Crippen molar-refractivity contribution in [3.8, 4) is 11.5 Å². The molecule has 0 saturated heterocycles. The fraction of sp³-hybridized carbons (Fsp3) is 0.0556. The van der Waals surface area contributed by atoms with Gasteiger partial charge in [0.05, 0.1) is 16.3 Å². The lowest BCUT2D eigenvalue weighted by Gasteiger charge is -2.06. The molecule has 8 nitrogen and oxygen atoms in total. The Morgan fingerprint density at radius 1 is 0.933 bits per heavy atom. The summed E-state index contributed by atoms with van der Waals surface area (Å²) in [6, 6.07) is 14.2. The highest BCUT2D eigenvalue weighted by atomic mass is 35.5. The summed E-state index contributed by atoms with van der Waals surface area (Å²) in [7, 11) is -7.12. The maximum atomic E-state index is 12.4. The van der Waals surface area contributed by atoms with Crippen molar-refractivity contribution in [2.75, 3.05) is 15.7 Å². The van der Waals surface area contributed by atoms with Crippen LogP contribution in [0.25, 0.3) is 22.6 Å². The predicted octanol–water partition coefficient (Wildman–Crippen LogP) is 4.38. The number of rotatable bonds is 6. The third kappa shape index (κ3) is 4.59. The number of benzene rings is 2. The number of thiophene rings is 1. The molecule has 0 aliphatic heterocycles. The lowest BCUT2D eigenvalue weighted by Crippen LogP contribution is -2.11. The summed E-state index contributed by atoms with van der Waals surface area (Å²) >= 11 is 6.78. The first-order valence-corrected chi connectivity index (χ1v) is 12.9. The molecule has 4 aromatic rings. The first-order chi connectivity index (χ1) is 14.1. The van der Waals surface area contributed by atoms with Gasteiger partial charge >= 0.3 is 0 Å². The van der Waals surface area contributed by atoms with Crippen LogP contribution in [0.2, 0.25) is 4.34 Å². The van der Waals surface area contributed by atoms with Crippen molar-refractivity contribution in [3.63, 3.8) is 0 Å². The molecule has 0 unspecified atom stereocenters. The molecule has 0 radical (unpaired) electrons. The van der Waals surface area contributed by atoms with E-state index < -0.39 is 20.0 Å². The quantitative estimate of drug-likeness (QED) is 0.420. The first-order valence-electron chi connectivity index (χ1n) is 8.36. The SMILES string of the molecule is CS(=O)(=O)Nc1ccc2oc(-c3ccc(NS(=O)(=O)c4ccc(Cl)s4)cc3)nc2c1. The number of oxazole rings is 1. The van der Waals surface area contributed by atoms with Crippen LogP contribution in [0.5, 0.6) is 0 Å². The van der Waals surface area contributed by atoms with E-state index >= 15 is 0 Å². The van der Waals surface area contributed by atoms with E-state index in [1.165, 1.54) is 12.1 Å². The molecule has 4 rings (SSSR count). The summed E-state index contributed by atoms with van der Waals surface area (Å²) < 4.78 is 58.6. The van der Waals surface area contributed by atoms with Crippen LogP contribution in [0.3, 0.4) is 0 Å². The van der Waals surface area contributed by atoms with Gasteiger partial charge in [0.2, 0.25) is 15.9 Å². The van der Waals surface area contributed by atoms with Crippen molar-refractivity contribution < 1.29 is 21.3 Å². The zero-order valence-electron chi connectivity index (χ0n) is 15.3. The van der Waals surface area contributed by atoms with Crippen molar-refractivity contribution in [1.82, 2.24) is 4.98 Å². The molecule has 0 bridgehead atoms. The van der Waals surface area contributed by atoms with Crippen LogP contribution in [-0.4, -0.2) is 28.1 Å². The number of hydrogen-bond donors (Lipinski definition) is 2. The maximum Gasteiger partial charge on any atom is 0.271 e. The van der Waals surface area contributed by atoms with Gasteiger partial charge in [0, 0.05) is 11.3 Å². The molecule has 0 atom stereocenters. The van der Waals surface area contributed by atoms with Gasteiger partial charge in [-0.15, -0.1) is 11.3 Å². The summed E-state index contributed by atoms with van der Waals surface area (Å²) in [5.74, 6) is 0.320. The normalized spacial score (nSPS) is 12.2. The molecule has 0 fully saturated rings. The average Bonchev–Trinajstić information content (AvgIpc) is 3.27. The predicted molar refractivity (Wildman–Crippen MR) is 118 cm³/mol. The van der Waals surface area contributed by atoms with E-state index in [2.05, 4.69) is 14.4 Å². The lowest BCUT2D eigenvalue weighted by atomic mass is 10.2. The molecular weight excluding hydrogens is 470 g/mol. The molecule has 0 aliphatic rings. The molecule has 0 amide bonds. The molecule has 2 N–H and O–H groups in total. The highest BCUT2D eigenvalue weighted by Gasteiger charge is 2.17. The summed E-state index contributed by atoms with van der Waals surface area (Å²) in [5.41, 5.74) is 2.36. The third-order valence-corrected chi connectivity index (χ3v) is 7.60. The number of aromatic nitrogens is 1. The van der Waals surface area contributed by atoms with E-state index in [1.807, 2.05) is 0 Å². The van der Waals surface area contributed by atoms with Crippen molar-refractivity contribution in [3.05, 3.63) is 58.9 Å². The van der Waals surface area contributed by atoms with Gasteiger partial charge in [-0.05, 0) is 54.6 Å². The van der Waals surface area contributed by atoms with Crippen LogP contribution >= 0.6 is 22.9 Å². The Bertz CT molecular complexity index is 1440. The highest BCUT2D eigenvalue weighted by molar-refractivity contribution is 7.94. The van der Waals surface area contributed by atoms with Crippen LogP contribution < -0.4 is 9.44 Å². The first kappa shape index (κ1) is 20.7. The van der Waals surface area contributed by atoms with E-state index in [9.17, 15) is 16.8 Å². The number of hydrogen-bond acceptors (Lipinski definition) is 7. The summed E-state index contributed by atoms with van der Waals surface area (Å²) in [6.45, 7) is 0. The van der Waals surface area contributed by atoms with Crippen LogP contribution in [-0.2, 0) is 20.0 Å². The van der Waals surface area contributed by atoms with Crippen LogP contribution in [0, 0.1) is 0 Å². The minimum absolute atomic E-state index is 0.119. The average molecular weight is 484 g/mol. The highest BCUT2D eigenvalue weighted by Crippen LogP contribution is 2.29. The van der Waals surface area contributed by atoms with E-state index in [0.717, 1.165) is 17.6 Å². The van der Waals surface area contributed by atoms with E-state index in [1.54, 1.807) is 42.5 Å². The van der Waals surface area contributed by atoms with Crippen molar-refractivity contribution >= 4 is 65.5 Å². The Kier molecular flexibility index (Phi) is 5.22. The second-order valence-corrected chi connectivity index (χ2v) is 11.7. The Balaban J connectivity index is 1.57. The zero-order chi connectivity index (χ0) is 21.5. The number of anilines is 2. The van der Waals surface area contributed by atoms with Gasteiger partial charge in [0.15, 0.2) is 5.58 Å². The van der Waals surface area contributed by atoms with Crippen LogP contribution in [0.15, 0.2) is 63.2 Å². The topological polar surface area (TPSA) is 118 Å². The molecule has 2 aromatic carbocycles. The minimum Gasteiger partial charge on any atom is -0.436 e. The third-order valence-electron chi connectivity index (χ3n) is 3.89. The van der Waals surface area contributed by atoms with Gasteiger partial charge in [-0.25, -0.2) is 21.8 Å². The second-order valence-electron chi connectivity index (χ2n) is 6.32. The second kappa shape index (κ2) is 7.58. The number of halogens is 1. The maximum absolute atomic E-state index is 12.4. The van der Waals surface area contributed by atoms with Crippen LogP contribution in [0.1, 0.15) is 0 Å². The van der Waals surface area contributed by atoms with Crippen LogP contribution in [0.4, 0.5) is 11.4 Å². The van der Waals surface area contributed by atoms with E-state index in [-0.39, 0.29) is 4.21 Å². The molecule has 0 aliphatic carbocycles. The molecule has 2 heterocycles. The molecule has 156 valence electrons. The van der Waals surface area contributed by atoms with Crippen molar-refractivity contribution in [2.24, 2.45) is 0 Å². The monoisotopic (exact) mass is 483 g/mol. The van der Waals surface area contributed by atoms with E-state index in [4.69, 9.17) is 16.0 Å². The van der Waals surface area contributed by atoms with E-state index in [0.29, 0.717) is 38.3 Å². The summed E-state index contributed by atoms with van der Waals surface area (Å²) in [4.78, 5) is 4.38. The Labute approximate surface area is 181 Å². The Hall–Kier alpha value is -2.60. The molecule has 30 heavy (non-hydrogen) atoms. The largest absolute Gasteiger partial charge is 0.436 e. The zero-order valence-corrected chi connectivity index (χ0v) is 18.5. The number of nitrogens with zero attached hydrogens (tertiary/aromatic N) is 1. The molecular formula is C18H14ClN3O5S3. The number of fused-ring (bicyclic) bond motifs is 1. The van der Waals surface area contributed by atoms with Gasteiger partial charge < -0.3 is 4.42 Å². The molecule has 12 heteroatoms. The fourth-order valence-corrected chi connectivity index (χ4v) is 5.75. The number of nitrogens with one attached hydrogen (secondary N) is 2. The summed E-state index contributed by atoms with van der Waals surface area (Å²) in [5, 5.41) is 0.